The lowest BCUT2D eigenvalue weighted by molar-refractivity contribution is -0.136. The third-order valence-electron chi connectivity index (χ3n) is 7.25. The summed E-state index contributed by atoms with van der Waals surface area (Å²) in [7, 11) is 0. The highest BCUT2D eigenvalue weighted by Crippen LogP contribution is 2.33. The van der Waals surface area contributed by atoms with Gasteiger partial charge in [0.25, 0.3) is 11.8 Å². The fourth-order valence-corrected chi connectivity index (χ4v) is 5.27. The van der Waals surface area contributed by atoms with Crippen LogP contribution in [0.1, 0.15) is 39.1 Å². The minimum Gasteiger partial charge on any atom is -0.366 e. The maximum Gasteiger partial charge on any atom is 0.255 e. The van der Waals surface area contributed by atoms with E-state index in [1.54, 1.807) is 35.4 Å². The molecule has 10 nitrogen and oxygen atoms in total. The summed E-state index contributed by atoms with van der Waals surface area (Å²) in [6.07, 6.45) is 3.54. The van der Waals surface area contributed by atoms with Crippen LogP contribution < -0.4 is 10.2 Å². The molecule has 3 aromatic rings. The van der Waals surface area contributed by atoms with Crippen molar-refractivity contribution < 1.29 is 23.6 Å². The number of aromatic nitrogens is 2. The van der Waals surface area contributed by atoms with Crippen LogP contribution in [0, 0.1) is 5.82 Å². The third-order valence-corrected chi connectivity index (χ3v) is 7.25. The van der Waals surface area contributed by atoms with Gasteiger partial charge in [0.05, 0.1) is 11.2 Å². The minimum absolute atomic E-state index is 0.106. The lowest BCUT2D eigenvalue weighted by Crippen LogP contribution is -2.52. The van der Waals surface area contributed by atoms with Gasteiger partial charge in [-0.05, 0) is 42.3 Å². The van der Waals surface area contributed by atoms with Crippen molar-refractivity contribution in [3.8, 4) is 0 Å². The first-order valence-electron chi connectivity index (χ1n) is 12.1. The van der Waals surface area contributed by atoms with E-state index in [9.17, 15) is 19.2 Å². The Morgan fingerprint density at radius 1 is 1.05 bits per heavy atom. The molecule has 11 heteroatoms. The highest BCUT2D eigenvalue weighted by molar-refractivity contribution is 6.05. The largest absolute Gasteiger partial charge is 0.366 e. The number of halogens is 1. The first-order valence-corrected chi connectivity index (χ1v) is 12.1. The molecule has 3 aliphatic heterocycles. The molecule has 6 rings (SSSR count). The molecule has 188 valence electrons. The summed E-state index contributed by atoms with van der Waals surface area (Å²) in [6, 6.07) is 7.45. The Morgan fingerprint density at radius 2 is 1.86 bits per heavy atom. The van der Waals surface area contributed by atoms with Gasteiger partial charge in [-0.2, -0.15) is 0 Å². The summed E-state index contributed by atoms with van der Waals surface area (Å²) in [6.45, 7) is 1.88. The second-order valence-corrected chi connectivity index (χ2v) is 9.44. The summed E-state index contributed by atoms with van der Waals surface area (Å²) in [4.78, 5) is 62.9. The fraction of sp³-hybridized carbons (Fsp3) is 0.308. The molecule has 4 heterocycles. The van der Waals surface area contributed by atoms with Gasteiger partial charge >= 0.3 is 0 Å². The Hall–Kier alpha value is -4.41. The van der Waals surface area contributed by atoms with Gasteiger partial charge < -0.3 is 14.7 Å². The zero-order valence-corrected chi connectivity index (χ0v) is 19.8. The molecule has 1 N–H and O–H groups in total. The number of hydrogen-bond donors (Lipinski definition) is 1. The van der Waals surface area contributed by atoms with Crippen LogP contribution in [0.15, 0.2) is 42.9 Å². The van der Waals surface area contributed by atoms with Crippen molar-refractivity contribution in [2.24, 2.45) is 0 Å². The SMILES string of the molecule is O=C1CCC(N2Cc3cc(N4CCN(C(=O)c5ccc6ncncc6c5)CC4)c(F)cc3C2=O)C(=O)N1. The van der Waals surface area contributed by atoms with Crippen LogP contribution in [0.4, 0.5) is 10.1 Å². The monoisotopic (exact) mass is 502 g/mol. The van der Waals surface area contributed by atoms with Crippen LogP contribution in [0.2, 0.25) is 0 Å². The second-order valence-electron chi connectivity index (χ2n) is 9.44. The van der Waals surface area contributed by atoms with Crippen molar-refractivity contribution in [3.05, 3.63) is 65.4 Å². The summed E-state index contributed by atoms with van der Waals surface area (Å²) >= 11 is 0. The number of anilines is 1. The molecule has 0 radical (unpaired) electrons. The number of carbonyl (C=O) groups excluding carboxylic acids is 4. The van der Waals surface area contributed by atoms with E-state index in [1.807, 2.05) is 4.90 Å². The van der Waals surface area contributed by atoms with E-state index in [1.165, 1.54) is 17.3 Å². The molecule has 2 aromatic carbocycles. The van der Waals surface area contributed by atoms with E-state index in [-0.39, 0.29) is 36.8 Å². The van der Waals surface area contributed by atoms with Gasteiger partial charge in [0.2, 0.25) is 11.8 Å². The maximum atomic E-state index is 15.1. The molecule has 1 aromatic heterocycles. The van der Waals surface area contributed by atoms with E-state index in [2.05, 4.69) is 15.3 Å². The molecule has 3 aliphatic rings. The average Bonchev–Trinajstić information content (AvgIpc) is 3.22. The molecule has 1 unspecified atom stereocenters. The maximum absolute atomic E-state index is 15.1. The molecule has 2 fully saturated rings. The number of benzene rings is 2. The highest BCUT2D eigenvalue weighted by atomic mass is 19.1. The van der Waals surface area contributed by atoms with Crippen molar-refractivity contribution in [2.45, 2.75) is 25.4 Å². The first-order chi connectivity index (χ1) is 17.9. The highest BCUT2D eigenvalue weighted by Gasteiger charge is 2.40. The van der Waals surface area contributed by atoms with E-state index >= 15 is 4.39 Å². The van der Waals surface area contributed by atoms with Crippen LogP contribution >= 0.6 is 0 Å². The van der Waals surface area contributed by atoms with E-state index in [0.29, 0.717) is 43.0 Å². The van der Waals surface area contributed by atoms with Crippen molar-refractivity contribution in [1.82, 2.24) is 25.1 Å². The molecule has 0 bridgehead atoms. The number of rotatable bonds is 3. The van der Waals surface area contributed by atoms with Crippen LogP contribution in [-0.4, -0.2) is 75.6 Å². The topological polar surface area (TPSA) is 116 Å². The fourth-order valence-electron chi connectivity index (χ4n) is 5.27. The van der Waals surface area contributed by atoms with Gasteiger partial charge in [-0.25, -0.2) is 14.4 Å². The molecule has 0 aliphatic carbocycles. The van der Waals surface area contributed by atoms with Crippen molar-refractivity contribution >= 4 is 40.2 Å². The predicted octanol–water partition coefficient (Wildman–Crippen LogP) is 1.49. The molecule has 0 spiro atoms. The molecule has 4 amide bonds. The van der Waals surface area contributed by atoms with Crippen molar-refractivity contribution in [1.29, 1.82) is 0 Å². The molecule has 0 saturated carbocycles. The van der Waals surface area contributed by atoms with Crippen LogP contribution in [0.5, 0.6) is 0 Å². The van der Waals surface area contributed by atoms with Crippen LogP contribution in [-0.2, 0) is 16.1 Å². The number of piperazine rings is 1. The first kappa shape index (κ1) is 23.0. The van der Waals surface area contributed by atoms with Gasteiger partial charge in [0.15, 0.2) is 0 Å². The van der Waals surface area contributed by atoms with Gasteiger partial charge in [-0.3, -0.25) is 24.5 Å². The Kier molecular flexibility index (Phi) is 5.54. The predicted molar refractivity (Wildman–Crippen MR) is 130 cm³/mol. The van der Waals surface area contributed by atoms with E-state index in [0.717, 1.165) is 10.9 Å². The number of hydrogen-bond acceptors (Lipinski definition) is 7. The number of imide groups is 1. The Balaban J connectivity index is 1.15. The van der Waals surface area contributed by atoms with E-state index in [4.69, 9.17) is 0 Å². The number of nitrogens with one attached hydrogen (secondary N) is 1. The van der Waals surface area contributed by atoms with Gasteiger partial charge in [-0.1, -0.05) is 0 Å². The Labute approximate surface area is 211 Å². The Bertz CT molecular complexity index is 1470. The lowest BCUT2D eigenvalue weighted by Gasteiger charge is -2.36. The summed E-state index contributed by atoms with van der Waals surface area (Å²) < 4.78 is 15.1. The molecule has 2 saturated heterocycles. The number of carbonyl (C=O) groups is 4. The van der Waals surface area contributed by atoms with E-state index < -0.39 is 23.7 Å². The van der Waals surface area contributed by atoms with Crippen molar-refractivity contribution in [3.63, 3.8) is 0 Å². The lowest BCUT2D eigenvalue weighted by atomic mass is 10.0. The standard InChI is InChI=1S/C26H23FN6O4/c27-19-11-18-17(13-33(26(18)37)21-3-4-23(34)30-24(21)35)10-22(19)31-5-7-32(8-6-31)25(36)15-1-2-20-16(9-15)12-28-14-29-20/h1-2,9-12,14,21H,3-8,13H2,(H,30,34,35). The molecule has 1 atom stereocenters. The normalized spacial score (nSPS) is 19.9. The smallest absolute Gasteiger partial charge is 0.255 e. The van der Waals surface area contributed by atoms with Gasteiger partial charge in [0, 0.05) is 61.9 Å². The minimum atomic E-state index is -0.750. The second kappa shape index (κ2) is 8.91. The third kappa shape index (κ3) is 4.05. The molecular weight excluding hydrogens is 479 g/mol. The number of fused-ring (bicyclic) bond motifs is 2. The Morgan fingerprint density at radius 3 is 2.65 bits per heavy atom. The zero-order chi connectivity index (χ0) is 25.7. The van der Waals surface area contributed by atoms with Crippen molar-refractivity contribution in [2.75, 3.05) is 31.1 Å². The zero-order valence-electron chi connectivity index (χ0n) is 19.8. The van der Waals surface area contributed by atoms with Gasteiger partial charge in [0.1, 0.15) is 18.2 Å². The number of piperidine rings is 1. The summed E-state index contributed by atoms with van der Waals surface area (Å²) in [5, 5.41) is 3.05. The van der Waals surface area contributed by atoms with Crippen LogP contribution in [0.3, 0.4) is 0 Å². The van der Waals surface area contributed by atoms with Gasteiger partial charge in [-0.15, -0.1) is 0 Å². The summed E-state index contributed by atoms with van der Waals surface area (Å²) in [5.41, 5.74) is 2.55. The molecular formula is C26H23FN6O4. The average molecular weight is 503 g/mol. The number of nitrogens with zero attached hydrogens (tertiary/aromatic N) is 5. The quantitative estimate of drug-likeness (QED) is 0.540. The van der Waals surface area contributed by atoms with Crippen LogP contribution in [0.25, 0.3) is 10.9 Å². The summed E-state index contributed by atoms with van der Waals surface area (Å²) in [5.74, 6) is -1.90. The number of amides is 4. The molecule has 37 heavy (non-hydrogen) atoms.